The van der Waals surface area contributed by atoms with Crippen LogP contribution in [0.3, 0.4) is 0 Å². The lowest BCUT2D eigenvalue weighted by atomic mass is 10.2. The van der Waals surface area contributed by atoms with Crippen molar-refractivity contribution in [3.8, 4) is 0 Å². The van der Waals surface area contributed by atoms with Crippen LogP contribution < -0.4 is 0 Å². The number of methoxy groups -OCH3 is 1. The predicted molar refractivity (Wildman–Crippen MR) is 72.8 cm³/mol. The maximum Gasteiger partial charge on any atom is 0.0953 e. The van der Waals surface area contributed by atoms with Gasteiger partial charge in [-0.05, 0) is 25.6 Å². The van der Waals surface area contributed by atoms with Crippen LogP contribution in [0.4, 0.5) is 0 Å². The Balaban J connectivity index is 2.50. The van der Waals surface area contributed by atoms with E-state index in [0.717, 1.165) is 25.3 Å². The lowest BCUT2D eigenvalue weighted by Crippen LogP contribution is -2.45. The molecule has 1 fully saturated rings. The van der Waals surface area contributed by atoms with Crippen molar-refractivity contribution in [1.29, 1.82) is 0 Å². The fraction of sp³-hybridized carbons (Fsp3) is 0.714. The molecule has 0 atom stereocenters. The number of allylic oxidation sites excluding steroid dienone is 4. The number of nitrogens with zero attached hydrogens (tertiary/aromatic N) is 2. The fourth-order valence-electron chi connectivity index (χ4n) is 2.07. The van der Waals surface area contributed by atoms with Crippen LogP contribution in [0.2, 0.25) is 0 Å². The van der Waals surface area contributed by atoms with Gasteiger partial charge in [0.2, 0.25) is 0 Å². The zero-order valence-corrected chi connectivity index (χ0v) is 11.7. The fourth-order valence-corrected chi connectivity index (χ4v) is 2.07. The van der Waals surface area contributed by atoms with E-state index in [0.29, 0.717) is 0 Å². The molecule has 0 aromatic heterocycles. The molecule has 0 radical (unpaired) electrons. The normalized spacial score (nSPS) is 19.6. The first-order chi connectivity index (χ1) is 8.21. The summed E-state index contributed by atoms with van der Waals surface area (Å²) in [6, 6.07) is 0. The van der Waals surface area contributed by atoms with Crippen molar-refractivity contribution in [2.75, 3.05) is 39.8 Å². The van der Waals surface area contributed by atoms with E-state index >= 15 is 0 Å². The Morgan fingerprint density at radius 1 is 1.12 bits per heavy atom. The first kappa shape index (κ1) is 14.1. The zero-order chi connectivity index (χ0) is 12.7. The molecule has 3 nitrogen and oxygen atoms in total. The minimum absolute atomic E-state index is 0.948. The van der Waals surface area contributed by atoms with E-state index in [4.69, 9.17) is 4.74 Å². The maximum atomic E-state index is 5.26. The van der Waals surface area contributed by atoms with E-state index in [2.05, 4.69) is 42.7 Å². The van der Waals surface area contributed by atoms with Crippen molar-refractivity contribution in [3.63, 3.8) is 0 Å². The van der Waals surface area contributed by atoms with Crippen LogP contribution in [0.25, 0.3) is 0 Å². The Morgan fingerprint density at radius 3 is 2.24 bits per heavy atom. The van der Waals surface area contributed by atoms with Crippen LogP contribution in [0, 0.1) is 0 Å². The van der Waals surface area contributed by atoms with Crippen LogP contribution in [-0.4, -0.2) is 49.6 Å². The van der Waals surface area contributed by atoms with Crippen molar-refractivity contribution in [1.82, 2.24) is 9.80 Å². The van der Waals surface area contributed by atoms with E-state index in [1.165, 1.54) is 25.3 Å². The molecule has 17 heavy (non-hydrogen) atoms. The van der Waals surface area contributed by atoms with Gasteiger partial charge >= 0.3 is 0 Å². The molecule has 0 spiro atoms. The second-order valence-corrected chi connectivity index (χ2v) is 4.42. The molecule has 1 aliphatic heterocycles. The molecule has 1 saturated heterocycles. The molecule has 98 valence electrons. The topological polar surface area (TPSA) is 15.7 Å². The van der Waals surface area contributed by atoms with Gasteiger partial charge in [0, 0.05) is 38.3 Å². The van der Waals surface area contributed by atoms with Gasteiger partial charge in [-0.1, -0.05) is 13.8 Å². The van der Waals surface area contributed by atoms with Crippen LogP contribution in [0.1, 0.15) is 27.2 Å². The summed E-state index contributed by atoms with van der Waals surface area (Å²) < 4.78 is 5.26. The largest absolute Gasteiger partial charge is 0.501 e. The summed E-state index contributed by atoms with van der Waals surface area (Å²) in [5.41, 5.74) is 1.34. The monoisotopic (exact) mass is 238 g/mol. The number of likely N-dealkylation sites (N-methyl/N-ethyl adjacent to an activating group) is 1. The molecule has 0 N–H and O–H groups in total. The highest BCUT2D eigenvalue weighted by atomic mass is 16.5. The quantitative estimate of drug-likeness (QED) is 0.540. The van der Waals surface area contributed by atoms with Gasteiger partial charge in [0.05, 0.1) is 12.9 Å². The Kier molecular flexibility index (Phi) is 6.12. The first-order valence-electron chi connectivity index (χ1n) is 6.60. The summed E-state index contributed by atoms with van der Waals surface area (Å²) in [6.45, 7) is 12.3. The van der Waals surface area contributed by atoms with E-state index < -0.39 is 0 Å². The number of hydrogen-bond donors (Lipinski definition) is 0. The summed E-state index contributed by atoms with van der Waals surface area (Å²) in [5, 5.41) is 0. The Hall–Kier alpha value is -0.960. The summed E-state index contributed by atoms with van der Waals surface area (Å²) in [6.07, 6.45) is 5.20. The molecule has 1 heterocycles. The molecule has 0 aromatic carbocycles. The third kappa shape index (κ3) is 4.43. The maximum absolute atomic E-state index is 5.26. The number of hydrogen-bond acceptors (Lipinski definition) is 3. The Bertz CT molecular complexity index is 270. The van der Waals surface area contributed by atoms with Gasteiger partial charge < -0.3 is 14.5 Å². The SMILES string of the molecule is CC/C(=C\C=C(/C)N1CCN(CC)CC1)OC. The molecule has 0 bridgehead atoms. The van der Waals surface area contributed by atoms with Crippen LogP contribution in [0.5, 0.6) is 0 Å². The van der Waals surface area contributed by atoms with Gasteiger partial charge in [-0.2, -0.15) is 0 Å². The summed E-state index contributed by atoms with van der Waals surface area (Å²) in [4.78, 5) is 4.94. The summed E-state index contributed by atoms with van der Waals surface area (Å²) in [7, 11) is 1.73. The van der Waals surface area contributed by atoms with Gasteiger partial charge in [0.25, 0.3) is 0 Å². The third-order valence-corrected chi connectivity index (χ3v) is 3.44. The molecule has 3 heteroatoms. The minimum atomic E-state index is 0.948. The molecular formula is C14H26N2O. The highest BCUT2D eigenvalue weighted by Gasteiger charge is 2.14. The molecule has 0 aromatic rings. The smallest absolute Gasteiger partial charge is 0.0953 e. The van der Waals surface area contributed by atoms with E-state index in [-0.39, 0.29) is 0 Å². The Labute approximate surface area is 106 Å². The average molecular weight is 238 g/mol. The molecular weight excluding hydrogens is 212 g/mol. The zero-order valence-electron chi connectivity index (χ0n) is 11.7. The van der Waals surface area contributed by atoms with Gasteiger partial charge in [-0.3, -0.25) is 0 Å². The van der Waals surface area contributed by atoms with Gasteiger partial charge in [0.1, 0.15) is 0 Å². The van der Waals surface area contributed by atoms with Crippen LogP contribution in [0.15, 0.2) is 23.6 Å². The predicted octanol–water partition coefficient (Wildman–Crippen LogP) is 2.47. The highest BCUT2D eigenvalue weighted by molar-refractivity contribution is 5.13. The second-order valence-electron chi connectivity index (χ2n) is 4.42. The molecule has 1 aliphatic rings. The van der Waals surface area contributed by atoms with Crippen molar-refractivity contribution >= 4 is 0 Å². The third-order valence-electron chi connectivity index (χ3n) is 3.44. The number of rotatable bonds is 5. The highest BCUT2D eigenvalue weighted by Crippen LogP contribution is 2.10. The number of piperazine rings is 1. The van der Waals surface area contributed by atoms with Crippen LogP contribution >= 0.6 is 0 Å². The van der Waals surface area contributed by atoms with Crippen molar-refractivity contribution in [3.05, 3.63) is 23.6 Å². The van der Waals surface area contributed by atoms with Crippen molar-refractivity contribution in [2.24, 2.45) is 0 Å². The second kappa shape index (κ2) is 7.38. The first-order valence-corrected chi connectivity index (χ1v) is 6.60. The number of ether oxygens (including phenoxy) is 1. The van der Waals surface area contributed by atoms with E-state index in [9.17, 15) is 0 Å². The lowest BCUT2D eigenvalue weighted by molar-refractivity contribution is 0.165. The molecule has 0 unspecified atom stereocenters. The van der Waals surface area contributed by atoms with Crippen molar-refractivity contribution < 1.29 is 4.74 Å². The lowest BCUT2D eigenvalue weighted by Gasteiger charge is -2.35. The van der Waals surface area contributed by atoms with E-state index in [1.807, 2.05) is 0 Å². The van der Waals surface area contributed by atoms with Gasteiger partial charge in [-0.25, -0.2) is 0 Å². The van der Waals surface area contributed by atoms with Gasteiger partial charge in [0.15, 0.2) is 0 Å². The average Bonchev–Trinajstić information content (AvgIpc) is 2.39. The minimum Gasteiger partial charge on any atom is -0.501 e. The molecule has 0 amide bonds. The standard InChI is InChI=1S/C14H26N2O/c1-5-14(17-4)8-7-13(3)16-11-9-15(6-2)10-12-16/h7-8H,5-6,9-12H2,1-4H3/b13-7+,14-8+. The van der Waals surface area contributed by atoms with E-state index in [1.54, 1.807) is 7.11 Å². The molecule has 1 rings (SSSR count). The Morgan fingerprint density at radius 2 is 1.76 bits per heavy atom. The van der Waals surface area contributed by atoms with Crippen molar-refractivity contribution in [2.45, 2.75) is 27.2 Å². The summed E-state index contributed by atoms with van der Waals surface area (Å²) in [5.74, 6) is 1.04. The molecule has 0 aliphatic carbocycles. The van der Waals surface area contributed by atoms with Crippen LogP contribution in [-0.2, 0) is 4.74 Å². The van der Waals surface area contributed by atoms with Gasteiger partial charge in [-0.15, -0.1) is 0 Å². The molecule has 0 saturated carbocycles. The summed E-state index contributed by atoms with van der Waals surface area (Å²) >= 11 is 0.